The quantitative estimate of drug-likeness (QED) is 0.0650. The van der Waals surface area contributed by atoms with Crippen molar-refractivity contribution in [3.05, 3.63) is 85.4 Å². The molecule has 2 N–H and O–H groups in total. The van der Waals surface area contributed by atoms with Gasteiger partial charge in [0.05, 0.1) is 45.8 Å². The van der Waals surface area contributed by atoms with E-state index in [1.807, 2.05) is 6.07 Å². The van der Waals surface area contributed by atoms with Crippen LogP contribution in [-0.2, 0) is 40.0 Å². The van der Waals surface area contributed by atoms with Gasteiger partial charge >= 0.3 is 23.6 Å². The Balaban J connectivity index is 1.60. The maximum absolute atomic E-state index is 12.2. The van der Waals surface area contributed by atoms with Gasteiger partial charge in [-0.15, -0.1) is 10.2 Å². The van der Waals surface area contributed by atoms with Gasteiger partial charge in [0.25, 0.3) is 5.69 Å². The lowest BCUT2D eigenvalue weighted by Crippen LogP contribution is -2.22. The molecule has 0 radical (unpaired) electrons. The van der Waals surface area contributed by atoms with E-state index in [2.05, 4.69) is 20.9 Å². The second kappa shape index (κ2) is 17.5. The number of non-ortho nitro benzene ring substituents is 1. The Morgan fingerprint density at radius 1 is 0.854 bits per heavy atom. The number of hydrogen-bond acceptors (Lipinski definition) is 15. The molecule has 0 atom stereocenters. The summed E-state index contributed by atoms with van der Waals surface area (Å²) >= 11 is 6.03. The maximum Gasteiger partial charge on any atom is 0.344 e. The molecule has 0 saturated heterocycles. The molecule has 0 aliphatic rings. The molecule has 3 aromatic rings. The molecule has 18 nitrogen and oxygen atoms in total. The van der Waals surface area contributed by atoms with Crippen molar-refractivity contribution in [2.45, 2.75) is 20.0 Å². The van der Waals surface area contributed by atoms with Gasteiger partial charge in [0.15, 0.2) is 18.9 Å². The monoisotopic (exact) mass is 686 g/mol. The van der Waals surface area contributed by atoms with Gasteiger partial charge in [-0.25, -0.2) is 9.59 Å². The van der Waals surface area contributed by atoms with E-state index in [1.165, 1.54) is 26.2 Å². The molecule has 48 heavy (non-hydrogen) atoms. The van der Waals surface area contributed by atoms with Gasteiger partial charge in [-0.2, -0.15) is 0 Å². The summed E-state index contributed by atoms with van der Waals surface area (Å²) in [6.45, 7) is -0.205. The lowest BCUT2D eigenvalue weighted by molar-refractivity contribution is -0.393. The third kappa shape index (κ3) is 11.0. The number of carbonyl (C=O) groups excluding carboxylic acids is 4. The summed E-state index contributed by atoms with van der Waals surface area (Å²) in [5.41, 5.74) is -0.786. The van der Waals surface area contributed by atoms with Gasteiger partial charge in [-0.05, 0) is 11.6 Å². The van der Waals surface area contributed by atoms with Crippen molar-refractivity contribution in [2.24, 2.45) is 10.2 Å². The summed E-state index contributed by atoms with van der Waals surface area (Å²) in [5.74, 6) is -2.88. The summed E-state index contributed by atoms with van der Waals surface area (Å²) in [4.78, 5) is 68.5. The number of nitrogens with zero attached hydrogens (tertiary/aromatic N) is 4. The zero-order chi connectivity index (χ0) is 35.2. The lowest BCUT2D eigenvalue weighted by Gasteiger charge is -2.15. The van der Waals surface area contributed by atoms with E-state index in [1.54, 1.807) is 24.3 Å². The van der Waals surface area contributed by atoms with Crippen LogP contribution in [0.2, 0.25) is 5.02 Å². The Morgan fingerprint density at radius 3 is 2.15 bits per heavy atom. The Bertz CT molecular complexity index is 1740. The SMILES string of the molecule is COc1cc(/N=N/c2c(Cl)cc([N+](=O)[O-])cc2[N+](=O)[O-])c(NC(C)=O)cc1NCCC(=O)OCC(=O)OCC(=O)OCc1ccccc1. The molecule has 3 rings (SSSR count). The topological polar surface area (TPSA) is 240 Å². The van der Waals surface area contributed by atoms with E-state index in [0.717, 1.165) is 11.6 Å². The molecule has 0 unspecified atom stereocenters. The predicted molar refractivity (Wildman–Crippen MR) is 167 cm³/mol. The van der Waals surface area contributed by atoms with Crippen LogP contribution in [0.3, 0.4) is 0 Å². The number of hydrogen-bond donors (Lipinski definition) is 2. The van der Waals surface area contributed by atoms with Crippen LogP contribution in [0.4, 0.5) is 34.1 Å². The van der Waals surface area contributed by atoms with Gasteiger partial charge in [-0.1, -0.05) is 41.9 Å². The van der Waals surface area contributed by atoms with Crippen LogP contribution in [0.1, 0.15) is 18.9 Å². The second-order valence-electron chi connectivity index (χ2n) is 9.40. The molecule has 0 aliphatic carbocycles. The zero-order valence-corrected chi connectivity index (χ0v) is 26.1. The average Bonchev–Trinajstić information content (AvgIpc) is 3.05. The third-order valence-electron chi connectivity index (χ3n) is 5.91. The number of benzene rings is 3. The third-order valence-corrected chi connectivity index (χ3v) is 6.20. The van der Waals surface area contributed by atoms with Crippen LogP contribution in [0.15, 0.2) is 64.8 Å². The molecule has 252 valence electrons. The number of esters is 3. The molecule has 3 aromatic carbocycles. The molecular formula is C29H27ClN6O12. The van der Waals surface area contributed by atoms with Gasteiger partial charge in [0.2, 0.25) is 5.91 Å². The van der Waals surface area contributed by atoms with Gasteiger partial charge in [-0.3, -0.25) is 29.8 Å². The Morgan fingerprint density at radius 2 is 1.52 bits per heavy atom. The smallest absolute Gasteiger partial charge is 0.344 e. The van der Waals surface area contributed by atoms with E-state index in [-0.39, 0.29) is 42.4 Å². The normalized spacial score (nSPS) is 10.6. The standard InChI is InChI=1S/C29H27ClN6O12/c1-17(37)32-21-12-23(25(45-2)13-22(21)33-34-29-20(30)10-19(35(41)42)11-24(29)36(43)44)31-9-8-26(38)47-15-28(40)48-16-27(39)46-14-18-6-4-3-5-7-18/h3-7,10-13,31H,8-9,14-16H2,1-2H3,(H,32,37)/b34-33+. The number of halogens is 1. The molecule has 0 bridgehead atoms. The Kier molecular flexibility index (Phi) is 13.2. The number of rotatable bonds is 16. The highest BCUT2D eigenvalue weighted by molar-refractivity contribution is 6.33. The highest BCUT2D eigenvalue weighted by Gasteiger charge is 2.24. The van der Waals surface area contributed by atoms with Crippen LogP contribution < -0.4 is 15.4 Å². The molecule has 19 heteroatoms. The summed E-state index contributed by atoms with van der Waals surface area (Å²) in [5, 5.41) is 35.4. The first-order valence-electron chi connectivity index (χ1n) is 13.7. The van der Waals surface area contributed by atoms with E-state index in [4.69, 9.17) is 30.5 Å². The first kappa shape index (κ1) is 36.3. The van der Waals surface area contributed by atoms with E-state index < -0.39 is 69.0 Å². The van der Waals surface area contributed by atoms with Crippen molar-refractivity contribution in [1.82, 2.24) is 0 Å². The zero-order valence-electron chi connectivity index (χ0n) is 25.3. The van der Waals surface area contributed by atoms with Crippen LogP contribution >= 0.6 is 11.6 Å². The van der Waals surface area contributed by atoms with Gasteiger partial charge < -0.3 is 29.6 Å². The van der Waals surface area contributed by atoms with Crippen LogP contribution in [0, 0.1) is 20.2 Å². The Hall–Kier alpha value is -6.17. The number of nitrogens with one attached hydrogen (secondary N) is 2. The second-order valence-corrected chi connectivity index (χ2v) is 9.81. The number of ether oxygens (including phenoxy) is 4. The minimum atomic E-state index is -0.959. The van der Waals surface area contributed by atoms with Crippen molar-refractivity contribution in [3.63, 3.8) is 0 Å². The van der Waals surface area contributed by atoms with Crippen molar-refractivity contribution < 1.29 is 48.0 Å². The Labute approximate surface area is 276 Å². The summed E-state index contributed by atoms with van der Waals surface area (Å²) < 4.78 is 20.0. The molecule has 1 amide bonds. The molecule has 0 spiro atoms. The van der Waals surface area contributed by atoms with Crippen LogP contribution in [0.5, 0.6) is 5.75 Å². The van der Waals surface area contributed by atoms with E-state index >= 15 is 0 Å². The predicted octanol–water partition coefficient (Wildman–Crippen LogP) is 5.17. The number of carbonyl (C=O) groups is 4. The van der Waals surface area contributed by atoms with Crippen molar-refractivity contribution in [2.75, 3.05) is 37.5 Å². The number of anilines is 2. The summed E-state index contributed by atoms with van der Waals surface area (Å²) in [6.07, 6.45) is -0.227. The number of methoxy groups -OCH3 is 1. The fourth-order valence-electron chi connectivity index (χ4n) is 3.74. The molecule has 0 aliphatic heterocycles. The minimum Gasteiger partial charge on any atom is -0.495 e. The fourth-order valence-corrected chi connectivity index (χ4v) is 3.98. The van der Waals surface area contributed by atoms with Crippen molar-refractivity contribution >= 4 is 69.5 Å². The maximum atomic E-state index is 12.2. The lowest BCUT2D eigenvalue weighted by atomic mass is 10.2. The largest absolute Gasteiger partial charge is 0.495 e. The fraction of sp³-hybridized carbons (Fsp3) is 0.241. The molecule has 0 heterocycles. The van der Waals surface area contributed by atoms with Crippen LogP contribution in [0.25, 0.3) is 0 Å². The number of amides is 1. The van der Waals surface area contributed by atoms with Crippen molar-refractivity contribution in [1.29, 1.82) is 0 Å². The molecule has 0 saturated carbocycles. The average molecular weight is 687 g/mol. The highest BCUT2D eigenvalue weighted by atomic mass is 35.5. The number of azo groups is 1. The summed E-state index contributed by atoms with van der Waals surface area (Å²) in [6, 6.07) is 13.1. The first-order chi connectivity index (χ1) is 22.9. The molecule has 0 aromatic heterocycles. The summed E-state index contributed by atoms with van der Waals surface area (Å²) in [7, 11) is 1.31. The van der Waals surface area contributed by atoms with E-state index in [9.17, 15) is 39.4 Å². The highest BCUT2D eigenvalue weighted by Crippen LogP contribution is 2.42. The number of nitro groups is 2. The minimum absolute atomic E-state index is 0.00493. The van der Waals surface area contributed by atoms with Gasteiger partial charge in [0, 0.05) is 25.6 Å². The molecular weight excluding hydrogens is 660 g/mol. The number of nitro benzene ring substituents is 2. The van der Waals surface area contributed by atoms with E-state index in [0.29, 0.717) is 6.07 Å². The van der Waals surface area contributed by atoms with Gasteiger partial charge in [0.1, 0.15) is 18.0 Å². The van der Waals surface area contributed by atoms with Crippen molar-refractivity contribution in [3.8, 4) is 5.75 Å². The first-order valence-corrected chi connectivity index (χ1v) is 14.0. The van der Waals surface area contributed by atoms with Crippen LogP contribution in [-0.4, -0.2) is 60.5 Å². The molecule has 0 fully saturated rings.